The molecule has 2 rings (SSSR count). The van der Waals surface area contributed by atoms with Crippen molar-refractivity contribution < 1.29 is 34.6 Å². The molecule has 0 aliphatic carbocycles. The van der Waals surface area contributed by atoms with Gasteiger partial charge >= 0.3 is 5.97 Å². The summed E-state index contributed by atoms with van der Waals surface area (Å²) in [7, 11) is 1.36. The number of methoxy groups -OCH3 is 1. The number of carbonyl (C=O) groups is 2. The Hall–Kier alpha value is -3.92. The van der Waals surface area contributed by atoms with Crippen LogP contribution in [0, 0.1) is 10.1 Å². The second-order valence-electron chi connectivity index (χ2n) is 5.89. The fourth-order valence-electron chi connectivity index (χ4n) is 2.46. The Bertz CT molecular complexity index is 957. The van der Waals surface area contributed by atoms with Crippen LogP contribution >= 0.6 is 0 Å². The van der Waals surface area contributed by atoms with Crippen LogP contribution in [0.2, 0.25) is 0 Å². The molecule has 0 saturated heterocycles. The summed E-state index contributed by atoms with van der Waals surface area (Å²) in [5.74, 6) is -2.22. The SMILES string of the molecule is COc1cc(/C=C/C(=O)N[C@H](C(=O)O)[C@@H](O)c2cccc([N+](=O)[O-])c2)ccc1O. The Kier molecular flexibility index (Phi) is 6.88. The molecule has 0 aromatic heterocycles. The van der Waals surface area contributed by atoms with Gasteiger partial charge in [0.1, 0.15) is 6.10 Å². The van der Waals surface area contributed by atoms with Gasteiger partial charge in [-0.05, 0) is 29.3 Å². The predicted octanol–water partition coefficient (Wildman–Crippen LogP) is 1.63. The van der Waals surface area contributed by atoms with Crippen molar-refractivity contribution >= 4 is 23.6 Å². The summed E-state index contributed by atoms with van der Waals surface area (Å²) in [4.78, 5) is 33.8. The van der Waals surface area contributed by atoms with Crippen LogP contribution in [-0.2, 0) is 9.59 Å². The molecule has 2 atom stereocenters. The van der Waals surface area contributed by atoms with Crippen molar-refractivity contribution in [2.75, 3.05) is 7.11 Å². The number of rotatable bonds is 8. The normalized spacial score (nSPS) is 12.9. The summed E-state index contributed by atoms with van der Waals surface area (Å²) in [5, 5.41) is 42.2. The number of aliphatic hydroxyl groups is 1. The van der Waals surface area contributed by atoms with Crippen LogP contribution in [0.15, 0.2) is 48.5 Å². The van der Waals surface area contributed by atoms with Gasteiger partial charge in [0, 0.05) is 18.2 Å². The zero-order chi connectivity index (χ0) is 21.6. The van der Waals surface area contributed by atoms with Crippen LogP contribution in [0.1, 0.15) is 17.2 Å². The Morgan fingerprint density at radius 1 is 1.24 bits per heavy atom. The van der Waals surface area contributed by atoms with Crippen LogP contribution < -0.4 is 10.1 Å². The molecule has 0 bridgehead atoms. The molecule has 1 amide bonds. The molecule has 29 heavy (non-hydrogen) atoms. The molecule has 0 aliphatic rings. The van der Waals surface area contributed by atoms with Crippen molar-refractivity contribution in [1.82, 2.24) is 5.32 Å². The van der Waals surface area contributed by atoms with E-state index in [1.165, 1.54) is 49.6 Å². The maximum atomic E-state index is 12.1. The molecule has 2 aromatic carbocycles. The summed E-state index contributed by atoms with van der Waals surface area (Å²) < 4.78 is 4.95. The average Bonchev–Trinajstić information content (AvgIpc) is 2.70. The van der Waals surface area contributed by atoms with E-state index >= 15 is 0 Å². The Morgan fingerprint density at radius 3 is 2.59 bits per heavy atom. The third-order valence-corrected chi connectivity index (χ3v) is 3.93. The second kappa shape index (κ2) is 9.33. The Labute approximate surface area is 164 Å². The first kappa shape index (κ1) is 21.4. The molecule has 0 fully saturated rings. The van der Waals surface area contributed by atoms with Gasteiger partial charge in [-0.2, -0.15) is 0 Å². The number of aliphatic carboxylic acids is 1. The number of phenols is 1. The second-order valence-corrected chi connectivity index (χ2v) is 5.89. The number of carboxylic acids is 1. The minimum atomic E-state index is -1.73. The number of nitrogens with zero attached hydrogens (tertiary/aromatic N) is 1. The topological polar surface area (TPSA) is 159 Å². The first-order valence-corrected chi connectivity index (χ1v) is 8.23. The lowest BCUT2D eigenvalue weighted by Gasteiger charge is -2.20. The number of amides is 1. The monoisotopic (exact) mass is 402 g/mol. The van der Waals surface area contributed by atoms with Gasteiger partial charge in [0.25, 0.3) is 5.69 Å². The molecule has 0 heterocycles. The fourth-order valence-corrected chi connectivity index (χ4v) is 2.46. The number of non-ortho nitro benzene ring substituents is 1. The zero-order valence-electron chi connectivity index (χ0n) is 15.2. The molecule has 10 heteroatoms. The fraction of sp³-hybridized carbons (Fsp3) is 0.158. The van der Waals surface area contributed by atoms with Crippen LogP contribution in [-0.4, -0.2) is 45.3 Å². The molecule has 152 valence electrons. The van der Waals surface area contributed by atoms with E-state index in [-0.39, 0.29) is 22.7 Å². The molecule has 0 radical (unpaired) electrons. The summed E-state index contributed by atoms with van der Waals surface area (Å²) in [6.45, 7) is 0. The summed E-state index contributed by atoms with van der Waals surface area (Å²) in [5.41, 5.74) is 0.151. The highest BCUT2D eigenvalue weighted by atomic mass is 16.6. The third-order valence-electron chi connectivity index (χ3n) is 3.93. The Morgan fingerprint density at radius 2 is 1.97 bits per heavy atom. The molecule has 10 nitrogen and oxygen atoms in total. The van der Waals surface area contributed by atoms with Gasteiger partial charge in [0.2, 0.25) is 5.91 Å². The minimum Gasteiger partial charge on any atom is -0.504 e. The van der Waals surface area contributed by atoms with E-state index in [2.05, 4.69) is 5.32 Å². The molecular formula is C19H18N2O8. The van der Waals surface area contributed by atoms with Crippen LogP contribution in [0.25, 0.3) is 6.08 Å². The number of nitro groups is 1. The molecular weight excluding hydrogens is 384 g/mol. The van der Waals surface area contributed by atoms with E-state index in [1.807, 2.05) is 0 Å². The van der Waals surface area contributed by atoms with Crippen LogP contribution in [0.5, 0.6) is 11.5 Å². The first-order chi connectivity index (χ1) is 13.7. The number of carbonyl (C=O) groups excluding carboxylic acids is 1. The molecule has 2 aromatic rings. The van der Waals surface area contributed by atoms with Crippen molar-refractivity contribution in [1.29, 1.82) is 0 Å². The van der Waals surface area contributed by atoms with Gasteiger partial charge in [-0.3, -0.25) is 14.9 Å². The quantitative estimate of drug-likeness (QED) is 0.294. The first-order valence-electron chi connectivity index (χ1n) is 8.23. The highest BCUT2D eigenvalue weighted by Crippen LogP contribution is 2.27. The number of benzene rings is 2. The van der Waals surface area contributed by atoms with Crippen LogP contribution in [0.3, 0.4) is 0 Å². The minimum absolute atomic E-state index is 0.0286. The number of aliphatic hydroxyl groups excluding tert-OH is 1. The molecule has 0 saturated carbocycles. The van der Waals surface area contributed by atoms with E-state index in [1.54, 1.807) is 0 Å². The maximum Gasteiger partial charge on any atom is 0.329 e. The van der Waals surface area contributed by atoms with E-state index in [0.717, 1.165) is 12.1 Å². The van der Waals surface area contributed by atoms with Crippen LogP contribution in [0.4, 0.5) is 5.69 Å². The lowest BCUT2D eigenvalue weighted by Crippen LogP contribution is -2.44. The maximum absolute atomic E-state index is 12.1. The van der Waals surface area contributed by atoms with Gasteiger partial charge in [0.15, 0.2) is 17.5 Å². The Balaban J connectivity index is 2.15. The zero-order valence-corrected chi connectivity index (χ0v) is 15.2. The van der Waals surface area contributed by atoms with Crippen molar-refractivity contribution in [3.05, 3.63) is 69.8 Å². The third kappa shape index (κ3) is 5.53. The van der Waals surface area contributed by atoms with E-state index < -0.39 is 28.9 Å². The van der Waals surface area contributed by atoms with Gasteiger partial charge in [-0.1, -0.05) is 18.2 Å². The highest BCUT2D eigenvalue weighted by Gasteiger charge is 2.29. The van der Waals surface area contributed by atoms with E-state index in [4.69, 9.17) is 4.74 Å². The van der Waals surface area contributed by atoms with Crippen molar-refractivity contribution in [2.24, 2.45) is 0 Å². The lowest BCUT2D eigenvalue weighted by molar-refractivity contribution is -0.385. The van der Waals surface area contributed by atoms with Gasteiger partial charge in [-0.25, -0.2) is 4.79 Å². The van der Waals surface area contributed by atoms with Gasteiger partial charge < -0.3 is 25.4 Å². The smallest absolute Gasteiger partial charge is 0.329 e. The molecule has 4 N–H and O–H groups in total. The predicted molar refractivity (Wildman–Crippen MR) is 101 cm³/mol. The van der Waals surface area contributed by atoms with Gasteiger partial charge in [-0.15, -0.1) is 0 Å². The average molecular weight is 402 g/mol. The van der Waals surface area contributed by atoms with Crippen molar-refractivity contribution in [3.63, 3.8) is 0 Å². The molecule has 0 spiro atoms. The van der Waals surface area contributed by atoms with Crippen molar-refractivity contribution in [2.45, 2.75) is 12.1 Å². The number of nitro benzene ring substituents is 1. The van der Waals surface area contributed by atoms with Crippen molar-refractivity contribution in [3.8, 4) is 11.5 Å². The highest BCUT2D eigenvalue weighted by molar-refractivity contribution is 5.94. The van der Waals surface area contributed by atoms with E-state index in [0.29, 0.717) is 5.56 Å². The number of aromatic hydroxyl groups is 1. The number of phenolic OH excluding ortho intramolecular Hbond substituents is 1. The number of ether oxygens (including phenoxy) is 1. The summed E-state index contributed by atoms with van der Waals surface area (Å²) >= 11 is 0. The van der Waals surface area contributed by atoms with E-state index in [9.17, 15) is 35.0 Å². The lowest BCUT2D eigenvalue weighted by atomic mass is 10.0. The molecule has 0 unspecified atom stereocenters. The number of hydrogen-bond acceptors (Lipinski definition) is 7. The largest absolute Gasteiger partial charge is 0.504 e. The number of hydrogen-bond donors (Lipinski definition) is 4. The molecule has 0 aliphatic heterocycles. The summed E-state index contributed by atoms with van der Waals surface area (Å²) in [6, 6.07) is 7.45. The number of nitrogens with one attached hydrogen (secondary N) is 1. The standard InChI is InChI=1S/C19H18N2O8/c1-29-15-9-11(5-7-14(15)22)6-8-16(23)20-17(19(25)26)18(24)12-3-2-4-13(10-12)21(27)28/h2-10,17-18,22,24H,1H3,(H,20,23)(H,25,26)/b8-6+/t17-,18-/m0/s1. The summed E-state index contributed by atoms with van der Waals surface area (Å²) in [6.07, 6.45) is 0.691. The number of carboxylic acid groups (broad SMARTS) is 1. The van der Waals surface area contributed by atoms with Gasteiger partial charge in [0.05, 0.1) is 12.0 Å².